The molecule has 0 amide bonds. The van der Waals surface area contributed by atoms with Crippen molar-refractivity contribution in [3.63, 3.8) is 0 Å². The van der Waals surface area contributed by atoms with Crippen LogP contribution in [0.4, 0.5) is 0 Å². The van der Waals surface area contributed by atoms with E-state index in [1.165, 1.54) is 7.11 Å². The first-order valence-corrected chi connectivity index (χ1v) is 8.46. The molecule has 6 nitrogen and oxygen atoms in total. The molecule has 0 radical (unpaired) electrons. The van der Waals surface area contributed by atoms with Crippen LogP contribution in [0.3, 0.4) is 0 Å². The molecule has 0 bridgehead atoms. The normalized spacial score (nSPS) is 16.7. The fourth-order valence-corrected chi connectivity index (χ4v) is 3.71. The molecule has 1 unspecified atom stereocenters. The number of para-hydroxylation sites is 1. The van der Waals surface area contributed by atoms with Crippen LogP contribution in [-0.4, -0.2) is 35.0 Å². The smallest absolute Gasteiger partial charge is 0.309 e. The number of thioether (sulfide) groups is 1. The van der Waals surface area contributed by atoms with Gasteiger partial charge in [-0.05, 0) is 18.6 Å². The third kappa shape index (κ3) is 3.34. The topological polar surface area (TPSA) is 66.2 Å². The molecule has 2 heterocycles. The number of hydrogen-bond donors (Lipinski definition) is 0. The fraction of sp³-hybridized carbons (Fsp3) is 0.438. The molecule has 1 aliphatic heterocycles. The third-order valence-electron chi connectivity index (χ3n) is 3.99. The van der Waals surface area contributed by atoms with Crippen LogP contribution in [0.15, 0.2) is 29.2 Å². The average Bonchev–Trinajstić information content (AvgIpc) is 3.01. The van der Waals surface area contributed by atoms with Gasteiger partial charge in [0.2, 0.25) is 0 Å². The molecule has 0 saturated carbocycles. The Labute approximate surface area is 139 Å². The van der Waals surface area contributed by atoms with Gasteiger partial charge in [0.15, 0.2) is 0 Å². The van der Waals surface area contributed by atoms with Crippen molar-refractivity contribution in [2.45, 2.75) is 30.0 Å². The summed E-state index contributed by atoms with van der Waals surface area (Å²) in [5.74, 6) is 3.11. The lowest BCUT2D eigenvalue weighted by atomic mass is 9.98. The SMILES string of the molecule is COC(=O)C1CCn2c(CSc3ccccc3OC)nnc2C1. The van der Waals surface area contributed by atoms with Crippen LogP contribution in [0.2, 0.25) is 0 Å². The highest BCUT2D eigenvalue weighted by Gasteiger charge is 2.28. The van der Waals surface area contributed by atoms with Crippen molar-refractivity contribution in [1.82, 2.24) is 14.8 Å². The lowest BCUT2D eigenvalue weighted by Crippen LogP contribution is -2.27. The summed E-state index contributed by atoms with van der Waals surface area (Å²) >= 11 is 1.67. The summed E-state index contributed by atoms with van der Waals surface area (Å²) in [6.07, 6.45) is 1.36. The average molecular weight is 333 g/mol. The molecular weight excluding hydrogens is 314 g/mol. The Hall–Kier alpha value is -2.02. The maximum absolute atomic E-state index is 11.7. The van der Waals surface area contributed by atoms with Gasteiger partial charge in [0.25, 0.3) is 0 Å². The van der Waals surface area contributed by atoms with E-state index < -0.39 is 0 Å². The van der Waals surface area contributed by atoms with Crippen LogP contribution in [0.1, 0.15) is 18.1 Å². The number of methoxy groups -OCH3 is 2. The summed E-state index contributed by atoms with van der Waals surface area (Å²) in [5, 5.41) is 8.53. The summed E-state index contributed by atoms with van der Waals surface area (Å²) in [6, 6.07) is 7.92. The first-order valence-electron chi connectivity index (χ1n) is 7.47. The van der Waals surface area contributed by atoms with Crippen LogP contribution in [-0.2, 0) is 28.2 Å². The van der Waals surface area contributed by atoms with Gasteiger partial charge in [0, 0.05) is 17.9 Å². The van der Waals surface area contributed by atoms with Gasteiger partial charge in [0.05, 0.1) is 25.9 Å². The number of esters is 1. The summed E-state index contributed by atoms with van der Waals surface area (Å²) < 4.78 is 12.3. The number of rotatable bonds is 5. The highest BCUT2D eigenvalue weighted by atomic mass is 32.2. The van der Waals surface area contributed by atoms with Crippen molar-refractivity contribution in [3.8, 4) is 5.75 Å². The number of fused-ring (bicyclic) bond motifs is 1. The second kappa shape index (κ2) is 7.04. The molecule has 0 spiro atoms. The van der Waals surface area contributed by atoms with E-state index in [1.54, 1.807) is 18.9 Å². The van der Waals surface area contributed by atoms with E-state index in [0.717, 1.165) is 41.0 Å². The second-order valence-corrected chi connectivity index (χ2v) is 6.35. The van der Waals surface area contributed by atoms with E-state index in [9.17, 15) is 4.79 Å². The van der Waals surface area contributed by atoms with Gasteiger partial charge in [-0.2, -0.15) is 0 Å². The standard InChI is InChI=1S/C16H19N3O3S/c1-21-12-5-3-4-6-13(12)23-10-15-18-17-14-9-11(16(20)22-2)7-8-19(14)15/h3-6,11H,7-10H2,1-2H3. The van der Waals surface area contributed by atoms with Gasteiger partial charge in [-0.15, -0.1) is 22.0 Å². The van der Waals surface area contributed by atoms with Gasteiger partial charge >= 0.3 is 5.97 Å². The molecule has 122 valence electrons. The number of carbonyl (C=O) groups is 1. The molecule has 1 aromatic heterocycles. The van der Waals surface area contributed by atoms with Crippen molar-refractivity contribution in [1.29, 1.82) is 0 Å². The van der Waals surface area contributed by atoms with Crippen molar-refractivity contribution in [3.05, 3.63) is 35.9 Å². The Kier molecular flexibility index (Phi) is 4.85. The molecule has 23 heavy (non-hydrogen) atoms. The van der Waals surface area contributed by atoms with Gasteiger partial charge in [-0.25, -0.2) is 0 Å². The van der Waals surface area contributed by atoms with E-state index in [0.29, 0.717) is 6.42 Å². The van der Waals surface area contributed by atoms with Crippen molar-refractivity contribution in [2.24, 2.45) is 5.92 Å². The van der Waals surface area contributed by atoms with E-state index in [4.69, 9.17) is 9.47 Å². The largest absolute Gasteiger partial charge is 0.496 e. The Morgan fingerprint density at radius 3 is 2.96 bits per heavy atom. The summed E-state index contributed by atoms with van der Waals surface area (Å²) in [4.78, 5) is 12.7. The Bertz CT molecular complexity index is 702. The number of aromatic nitrogens is 3. The Morgan fingerprint density at radius 1 is 1.35 bits per heavy atom. The van der Waals surface area contributed by atoms with E-state index in [-0.39, 0.29) is 11.9 Å². The lowest BCUT2D eigenvalue weighted by molar-refractivity contribution is -0.146. The highest BCUT2D eigenvalue weighted by molar-refractivity contribution is 7.98. The minimum atomic E-state index is -0.163. The van der Waals surface area contributed by atoms with Crippen LogP contribution in [0.25, 0.3) is 0 Å². The predicted molar refractivity (Wildman–Crippen MR) is 86.4 cm³/mol. The molecule has 0 fully saturated rings. The third-order valence-corrected chi connectivity index (χ3v) is 5.05. The monoisotopic (exact) mass is 333 g/mol. The number of carbonyl (C=O) groups excluding carboxylic acids is 1. The van der Waals surface area contributed by atoms with Crippen LogP contribution >= 0.6 is 11.8 Å². The molecule has 0 N–H and O–H groups in total. The zero-order chi connectivity index (χ0) is 16.2. The molecule has 1 atom stereocenters. The van der Waals surface area contributed by atoms with Gasteiger partial charge in [-0.3, -0.25) is 4.79 Å². The number of ether oxygens (including phenoxy) is 2. The van der Waals surface area contributed by atoms with Crippen LogP contribution < -0.4 is 4.74 Å². The molecule has 1 aliphatic rings. The molecule has 7 heteroatoms. The maximum Gasteiger partial charge on any atom is 0.309 e. The molecular formula is C16H19N3O3S. The first kappa shape index (κ1) is 15.9. The first-order chi connectivity index (χ1) is 11.2. The highest BCUT2D eigenvalue weighted by Crippen LogP contribution is 2.31. The summed E-state index contributed by atoms with van der Waals surface area (Å²) in [7, 11) is 3.10. The molecule has 3 rings (SSSR count). The van der Waals surface area contributed by atoms with Crippen molar-refractivity contribution in [2.75, 3.05) is 14.2 Å². The number of hydrogen-bond acceptors (Lipinski definition) is 6. The predicted octanol–water partition coefficient (Wildman–Crippen LogP) is 2.31. The summed E-state index contributed by atoms with van der Waals surface area (Å²) in [6.45, 7) is 0.754. The quantitative estimate of drug-likeness (QED) is 0.618. The van der Waals surface area contributed by atoms with Crippen molar-refractivity contribution < 1.29 is 14.3 Å². The van der Waals surface area contributed by atoms with E-state index in [1.807, 2.05) is 24.3 Å². The van der Waals surface area contributed by atoms with E-state index >= 15 is 0 Å². The van der Waals surface area contributed by atoms with Crippen LogP contribution in [0, 0.1) is 5.92 Å². The Balaban J connectivity index is 1.69. The van der Waals surface area contributed by atoms with Gasteiger partial charge < -0.3 is 14.0 Å². The zero-order valence-electron chi connectivity index (χ0n) is 13.2. The number of nitrogens with zero attached hydrogens (tertiary/aromatic N) is 3. The Morgan fingerprint density at radius 2 is 2.17 bits per heavy atom. The molecule has 0 saturated heterocycles. The lowest BCUT2D eigenvalue weighted by Gasteiger charge is -2.21. The molecule has 1 aromatic carbocycles. The minimum absolute atomic E-state index is 0.105. The van der Waals surface area contributed by atoms with Gasteiger partial charge in [0.1, 0.15) is 17.4 Å². The second-order valence-electron chi connectivity index (χ2n) is 5.34. The van der Waals surface area contributed by atoms with Crippen LogP contribution in [0.5, 0.6) is 5.75 Å². The summed E-state index contributed by atoms with van der Waals surface area (Å²) in [5.41, 5.74) is 0. The molecule has 2 aromatic rings. The fourth-order valence-electron chi connectivity index (χ4n) is 2.74. The maximum atomic E-state index is 11.7. The van der Waals surface area contributed by atoms with Crippen molar-refractivity contribution >= 4 is 17.7 Å². The minimum Gasteiger partial charge on any atom is -0.496 e. The zero-order valence-corrected chi connectivity index (χ0v) is 14.0. The van der Waals surface area contributed by atoms with Gasteiger partial charge in [-0.1, -0.05) is 12.1 Å². The number of benzene rings is 1. The van der Waals surface area contributed by atoms with E-state index in [2.05, 4.69) is 14.8 Å². The molecule has 0 aliphatic carbocycles.